The summed E-state index contributed by atoms with van der Waals surface area (Å²) in [5.74, 6) is 0.762. The minimum atomic E-state index is 0.0598. The van der Waals surface area contributed by atoms with Gasteiger partial charge in [-0.25, -0.2) is 0 Å². The molecule has 0 saturated heterocycles. The van der Waals surface area contributed by atoms with E-state index in [1.807, 2.05) is 17.0 Å². The van der Waals surface area contributed by atoms with Crippen molar-refractivity contribution < 1.29 is 9.53 Å². The van der Waals surface area contributed by atoms with E-state index in [0.717, 1.165) is 37.4 Å². The first-order valence-corrected chi connectivity index (χ1v) is 6.66. The van der Waals surface area contributed by atoms with E-state index < -0.39 is 0 Å². The van der Waals surface area contributed by atoms with E-state index >= 15 is 0 Å². The van der Waals surface area contributed by atoms with Crippen LogP contribution in [0.1, 0.15) is 25.0 Å². The molecule has 1 aromatic rings. The zero-order chi connectivity index (χ0) is 12.4. The molecule has 0 N–H and O–H groups in total. The van der Waals surface area contributed by atoms with Gasteiger partial charge in [0, 0.05) is 12.7 Å². The second-order valence-corrected chi connectivity index (χ2v) is 5.08. The highest BCUT2D eigenvalue weighted by Crippen LogP contribution is 2.29. The van der Waals surface area contributed by atoms with Crippen LogP contribution >= 0.6 is 0 Å². The Labute approximate surface area is 107 Å². The molecule has 1 aliphatic carbocycles. The van der Waals surface area contributed by atoms with Gasteiger partial charge in [0.05, 0.1) is 18.0 Å². The van der Waals surface area contributed by atoms with Gasteiger partial charge in [-0.15, -0.1) is 0 Å². The molecular weight excluding hydrogens is 228 g/mol. The number of pyridine rings is 1. The van der Waals surface area contributed by atoms with Gasteiger partial charge in [-0.3, -0.25) is 9.78 Å². The van der Waals surface area contributed by atoms with Gasteiger partial charge in [0.2, 0.25) is 0 Å². The lowest BCUT2D eigenvalue weighted by Crippen LogP contribution is -2.38. The van der Waals surface area contributed by atoms with Crippen molar-refractivity contribution in [2.24, 2.45) is 5.92 Å². The van der Waals surface area contributed by atoms with Crippen LogP contribution in [-0.2, 0) is 16.0 Å². The number of aryl methyl sites for hydroxylation is 1. The van der Waals surface area contributed by atoms with Crippen LogP contribution in [0.2, 0.25) is 0 Å². The number of fused-ring (bicyclic) bond motifs is 1. The van der Waals surface area contributed by atoms with E-state index in [4.69, 9.17) is 4.74 Å². The highest BCUT2D eigenvalue weighted by atomic mass is 16.5. The predicted molar refractivity (Wildman–Crippen MR) is 68.5 cm³/mol. The Balaban J connectivity index is 1.62. The third-order valence-electron chi connectivity index (χ3n) is 3.53. The molecule has 1 aromatic heterocycles. The molecule has 1 fully saturated rings. The number of anilines is 1. The van der Waals surface area contributed by atoms with Gasteiger partial charge < -0.3 is 9.64 Å². The van der Waals surface area contributed by atoms with Crippen molar-refractivity contribution in [2.75, 3.05) is 24.7 Å². The molecule has 0 bridgehead atoms. The normalized spacial score (nSPS) is 18.6. The van der Waals surface area contributed by atoms with Gasteiger partial charge in [-0.1, -0.05) is 0 Å². The first-order chi connectivity index (χ1) is 8.84. The second kappa shape index (κ2) is 5.06. The molecule has 0 unspecified atom stereocenters. The van der Waals surface area contributed by atoms with Gasteiger partial charge in [0.15, 0.2) is 0 Å². The van der Waals surface area contributed by atoms with Gasteiger partial charge in [-0.2, -0.15) is 0 Å². The Hall–Kier alpha value is -1.42. The number of carbonyl (C=O) groups excluding carboxylic acids is 1. The Morgan fingerprint density at radius 3 is 3.22 bits per heavy atom. The lowest BCUT2D eigenvalue weighted by atomic mass is 10.1. The van der Waals surface area contributed by atoms with Crippen LogP contribution in [0.25, 0.3) is 0 Å². The number of aromatic nitrogens is 1. The van der Waals surface area contributed by atoms with Gasteiger partial charge in [0.25, 0.3) is 5.91 Å². The molecule has 2 heterocycles. The van der Waals surface area contributed by atoms with E-state index in [1.165, 1.54) is 12.8 Å². The summed E-state index contributed by atoms with van der Waals surface area (Å²) < 4.78 is 5.48. The van der Waals surface area contributed by atoms with E-state index in [1.54, 1.807) is 6.20 Å². The van der Waals surface area contributed by atoms with Crippen LogP contribution in [0.3, 0.4) is 0 Å². The lowest BCUT2D eigenvalue weighted by molar-refractivity contribution is -0.123. The molecule has 96 valence electrons. The molecule has 1 amide bonds. The smallest absolute Gasteiger partial charge is 0.253 e. The fraction of sp³-hybridized carbons (Fsp3) is 0.571. The largest absolute Gasteiger partial charge is 0.371 e. The standard InChI is InChI=1S/C14H18N2O2/c17-14(10-18-9-11-5-6-11)16-8-2-3-12-13(16)4-1-7-15-12/h1,4,7,11H,2-3,5-6,8-10H2. The fourth-order valence-corrected chi connectivity index (χ4v) is 2.33. The highest BCUT2D eigenvalue weighted by molar-refractivity contribution is 5.95. The van der Waals surface area contributed by atoms with Crippen LogP contribution in [0.5, 0.6) is 0 Å². The maximum absolute atomic E-state index is 12.1. The summed E-state index contributed by atoms with van der Waals surface area (Å²) in [6.07, 6.45) is 6.24. The monoisotopic (exact) mass is 246 g/mol. The molecule has 18 heavy (non-hydrogen) atoms. The second-order valence-electron chi connectivity index (χ2n) is 5.08. The van der Waals surface area contributed by atoms with Crippen molar-refractivity contribution in [3.05, 3.63) is 24.0 Å². The first kappa shape index (κ1) is 11.7. The number of nitrogens with zero attached hydrogens (tertiary/aromatic N) is 2. The van der Waals surface area contributed by atoms with Crippen LogP contribution in [0.4, 0.5) is 5.69 Å². The summed E-state index contributed by atoms with van der Waals surface area (Å²) in [7, 11) is 0. The molecule has 0 spiro atoms. The Bertz CT molecular complexity index is 443. The van der Waals surface area contributed by atoms with E-state index in [2.05, 4.69) is 4.98 Å². The molecular formula is C14H18N2O2. The Morgan fingerprint density at radius 2 is 2.39 bits per heavy atom. The fourth-order valence-electron chi connectivity index (χ4n) is 2.33. The summed E-state index contributed by atoms with van der Waals surface area (Å²) in [5, 5.41) is 0. The van der Waals surface area contributed by atoms with Gasteiger partial charge >= 0.3 is 0 Å². The van der Waals surface area contributed by atoms with E-state index in [-0.39, 0.29) is 12.5 Å². The molecule has 4 nitrogen and oxygen atoms in total. The minimum absolute atomic E-state index is 0.0598. The number of rotatable bonds is 4. The summed E-state index contributed by atoms with van der Waals surface area (Å²) in [4.78, 5) is 18.3. The summed E-state index contributed by atoms with van der Waals surface area (Å²) in [6.45, 7) is 1.72. The quantitative estimate of drug-likeness (QED) is 0.813. The maximum atomic E-state index is 12.1. The highest BCUT2D eigenvalue weighted by Gasteiger charge is 2.25. The predicted octanol–water partition coefficient (Wildman–Crippen LogP) is 1.79. The lowest BCUT2D eigenvalue weighted by Gasteiger charge is -2.28. The van der Waals surface area contributed by atoms with Crippen LogP contribution in [-0.4, -0.2) is 30.6 Å². The number of ether oxygens (including phenoxy) is 1. The average Bonchev–Trinajstić information content (AvgIpc) is 3.22. The third-order valence-corrected chi connectivity index (χ3v) is 3.53. The van der Waals surface area contributed by atoms with Crippen molar-refractivity contribution in [3.8, 4) is 0 Å². The van der Waals surface area contributed by atoms with Gasteiger partial charge in [0.1, 0.15) is 6.61 Å². The Morgan fingerprint density at radius 1 is 1.50 bits per heavy atom. The zero-order valence-electron chi connectivity index (χ0n) is 10.5. The third kappa shape index (κ3) is 2.53. The summed E-state index contributed by atoms with van der Waals surface area (Å²) in [6, 6.07) is 3.86. The molecule has 0 radical (unpaired) electrons. The maximum Gasteiger partial charge on any atom is 0.253 e. The molecule has 3 rings (SSSR count). The van der Waals surface area contributed by atoms with Crippen molar-refractivity contribution in [1.82, 2.24) is 4.98 Å². The molecule has 0 atom stereocenters. The van der Waals surface area contributed by atoms with Gasteiger partial charge in [-0.05, 0) is 43.7 Å². The van der Waals surface area contributed by atoms with Crippen molar-refractivity contribution in [2.45, 2.75) is 25.7 Å². The van der Waals surface area contributed by atoms with Crippen LogP contribution < -0.4 is 4.90 Å². The SMILES string of the molecule is O=C(COCC1CC1)N1CCCc2ncccc21. The number of hydrogen-bond acceptors (Lipinski definition) is 3. The number of carbonyl (C=O) groups is 1. The van der Waals surface area contributed by atoms with Crippen LogP contribution in [0.15, 0.2) is 18.3 Å². The van der Waals surface area contributed by atoms with E-state index in [9.17, 15) is 4.79 Å². The summed E-state index contributed by atoms with van der Waals surface area (Å²) in [5.41, 5.74) is 1.99. The zero-order valence-corrected chi connectivity index (χ0v) is 10.5. The molecule has 4 heteroatoms. The van der Waals surface area contributed by atoms with Crippen molar-refractivity contribution >= 4 is 11.6 Å². The average molecular weight is 246 g/mol. The summed E-state index contributed by atoms with van der Waals surface area (Å²) >= 11 is 0. The molecule has 1 saturated carbocycles. The van der Waals surface area contributed by atoms with Crippen molar-refractivity contribution in [1.29, 1.82) is 0 Å². The first-order valence-electron chi connectivity index (χ1n) is 6.66. The van der Waals surface area contributed by atoms with Crippen LogP contribution in [0, 0.1) is 5.92 Å². The Kier molecular flexibility index (Phi) is 3.28. The molecule has 1 aliphatic heterocycles. The topological polar surface area (TPSA) is 42.4 Å². The molecule has 0 aromatic carbocycles. The number of hydrogen-bond donors (Lipinski definition) is 0. The molecule has 2 aliphatic rings. The van der Waals surface area contributed by atoms with Crippen molar-refractivity contribution in [3.63, 3.8) is 0 Å². The number of amides is 1. The van der Waals surface area contributed by atoms with E-state index in [0.29, 0.717) is 5.92 Å². The minimum Gasteiger partial charge on any atom is -0.371 e.